The lowest BCUT2D eigenvalue weighted by molar-refractivity contribution is 0.611. The molecule has 1 aromatic carbocycles. The van der Waals surface area contributed by atoms with Gasteiger partial charge >= 0.3 is 0 Å². The molecule has 2 aromatic heterocycles. The van der Waals surface area contributed by atoms with Gasteiger partial charge in [-0.25, -0.2) is 19.3 Å². The van der Waals surface area contributed by atoms with E-state index in [2.05, 4.69) is 19.9 Å². The highest BCUT2D eigenvalue weighted by Crippen LogP contribution is 2.14. The Morgan fingerprint density at radius 2 is 2.04 bits per heavy atom. The summed E-state index contributed by atoms with van der Waals surface area (Å²) < 4.78 is 13.8. The summed E-state index contributed by atoms with van der Waals surface area (Å²) in [6.45, 7) is 0.170. The van der Waals surface area contributed by atoms with Gasteiger partial charge in [-0.15, -0.1) is 11.3 Å². The molecule has 2 heterocycles. The van der Waals surface area contributed by atoms with E-state index in [1.165, 1.54) is 23.6 Å². The Morgan fingerprint density at radius 3 is 2.76 bits per heavy atom. The third-order valence-corrected chi connectivity index (χ3v) is 4.05. The lowest BCUT2D eigenvalue weighted by atomic mass is 10.2. The van der Waals surface area contributed by atoms with E-state index in [0.717, 1.165) is 0 Å². The molecule has 0 saturated heterocycles. The minimum absolute atomic E-state index is 0.170. The number of nitrogens with zero attached hydrogens (tertiary/aromatic N) is 4. The molecule has 0 radical (unpaired) electrons. The van der Waals surface area contributed by atoms with Gasteiger partial charge in [-0.2, -0.15) is 0 Å². The Morgan fingerprint density at radius 1 is 1.20 bits per heavy atom. The van der Waals surface area contributed by atoms with Crippen molar-refractivity contribution in [2.75, 3.05) is 5.73 Å². The minimum atomic E-state index is -0.305. The number of aromatic nitrogens is 3. The lowest BCUT2D eigenvalue weighted by Crippen LogP contribution is -2.08. The molecule has 25 heavy (non-hydrogen) atoms. The van der Waals surface area contributed by atoms with Gasteiger partial charge in [-0.3, -0.25) is 4.99 Å². The molecule has 8 heteroatoms. The van der Waals surface area contributed by atoms with Gasteiger partial charge in [-0.05, 0) is 18.2 Å². The number of nitrogen functional groups attached to an aromatic ring is 1. The second-order valence-electron chi connectivity index (χ2n) is 5.03. The fraction of sp³-hybridized carbons (Fsp3) is 0.0588. The second-order valence-corrected chi connectivity index (χ2v) is 5.93. The summed E-state index contributed by atoms with van der Waals surface area (Å²) in [6, 6.07) is 8.07. The first kappa shape index (κ1) is 16.7. The SMILES string of the molecule is NC(=CC(=NCc1ccccc1F)c1nccs1)c1nccc(N)n1. The third kappa shape index (κ3) is 4.24. The van der Waals surface area contributed by atoms with Crippen molar-refractivity contribution in [1.29, 1.82) is 0 Å². The predicted octanol–water partition coefficient (Wildman–Crippen LogP) is 2.64. The molecule has 0 aliphatic carbocycles. The number of anilines is 1. The average Bonchev–Trinajstić information content (AvgIpc) is 3.14. The molecule has 6 nitrogen and oxygen atoms in total. The smallest absolute Gasteiger partial charge is 0.177 e. The standard InChI is InChI=1S/C17H15FN6S/c18-12-4-2-1-3-11(12)10-23-14(17-22-7-8-25-17)9-13(19)16-21-6-5-15(20)24-16/h1-9H,10,19H2,(H2,20,21,24). The predicted molar refractivity (Wildman–Crippen MR) is 97.4 cm³/mol. The molecule has 0 aliphatic rings. The van der Waals surface area contributed by atoms with Crippen molar-refractivity contribution >= 4 is 28.6 Å². The monoisotopic (exact) mass is 354 g/mol. The van der Waals surface area contributed by atoms with Gasteiger partial charge in [0.05, 0.1) is 18.0 Å². The highest BCUT2D eigenvalue weighted by atomic mass is 32.1. The number of benzene rings is 1. The zero-order valence-corrected chi connectivity index (χ0v) is 13.9. The fourth-order valence-corrected chi connectivity index (χ4v) is 2.66. The fourth-order valence-electron chi connectivity index (χ4n) is 2.05. The van der Waals surface area contributed by atoms with Crippen LogP contribution in [0.1, 0.15) is 16.4 Å². The summed E-state index contributed by atoms with van der Waals surface area (Å²) in [6.07, 6.45) is 4.81. The molecule has 0 fully saturated rings. The molecule has 0 amide bonds. The summed E-state index contributed by atoms with van der Waals surface area (Å²) in [4.78, 5) is 16.9. The normalized spacial score (nSPS) is 12.4. The molecule has 126 valence electrons. The van der Waals surface area contributed by atoms with Gasteiger partial charge in [0.25, 0.3) is 0 Å². The Bertz CT molecular complexity index is 920. The van der Waals surface area contributed by atoms with Crippen LogP contribution in [-0.4, -0.2) is 20.7 Å². The van der Waals surface area contributed by atoms with Crippen LogP contribution in [0.4, 0.5) is 10.2 Å². The maximum atomic E-state index is 13.8. The number of aliphatic imine (C=N–C) groups is 1. The molecule has 0 unspecified atom stereocenters. The van der Waals surface area contributed by atoms with E-state index in [1.807, 2.05) is 5.38 Å². The van der Waals surface area contributed by atoms with Crippen LogP contribution < -0.4 is 11.5 Å². The van der Waals surface area contributed by atoms with E-state index < -0.39 is 0 Å². The van der Waals surface area contributed by atoms with Gasteiger partial charge in [0.15, 0.2) is 5.82 Å². The Labute approximate surface area is 147 Å². The topological polar surface area (TPSA) is 103 Å². The van der Waals surface area contributed by atoms with Gasteiger partial charge in [0.1, 0.15) is 16.6 Å². The largest absolute Gasteiger partial charge is 0.396 e. The van der Waals surface area contributed by atoms with Crippen LogP contribution >= 0.6 is 11.3 Å². The van der Waals surface area contributed by atoms with Crippen molar-refractivity contribution in [1.82, 2.24) is 15.0 Å². The van der Waals surface area contributed by atoms with Crippen LogP contribution in [0.25, 0.3) is 5.70 Å². The highest BCUT2D eigenvalue weighted by molar-refractivity contribution is 7.11. The van der Waals surface area contributed by atoms with Crippen LogP contribution in [0.3, 0.4) is 0 Å². The Hall–Kier alpha value is -3.13. The summed E-state index contributed by atoms with van der Waals surface area (Å²) >= 11 is 1.41. The van der Waals surface area contributed by atoms with Crippen LogP contribution in [0.15, 0.2) is 59.2 Å². The van der Waals surface area contributed by atoms with E-state index in [9.17, 15) is 4.39 Å². The Balaban J connectivity index is 1.94. The van der Waals surface area contributed by atoms with Gasteiger partial charge in [0, 0.05) is 23.3 Å². The van der Waals surface area contributed by atoms with Crippen molar-refractivity contribution in [3.63, 3.8) is 0 Å². The number of halogens is 1. The molecule has 0 bridgehead atoms. The number of hydrogen-bond donors (Lipinski definition) is 2. The number of nitrogens with two attached hydrogens (primary N) is 2. The quantitative estimate of drug-likeness (QED) is 0.686. The summed E-state index contributed by atoms with van der Waals surface area (Å²) in [7, 11) is 0. The third-order valence-electron chi connectivity index (χ3n) is 3.26. The summed E-state index contributed by atoms with van der Waals surface area (Å²) in [5, 5.41) is 2.50. The Kier molecular flexibility index (Phi) is 5.10. The van der Waals surface area contributed by atoms with Gasteiger partial charge in [-0.1, -0.05) is 18.2 Å². The van der Waals surface area contributed by atoms with E-state index in [4.69, 9.17) is 11.5 Å². The van der Waals surface area contributed by atoms with Gasteiger partial charge < -0.3 is 11.5 Å². The highest BCUT2D eigenvalue weighted by Gasteiger charge is 2.09. The van der Waals surface area contributed by atoms with Crippen molar-refractivity contribution in [3.8, 4) is 0 Å². The zero-order valence-electron chi connectivity index (χ0n) is 13.1. The molecule has 0 atom stereocenters. The second kappa shape index (κ2) is 7.63. The maximum absolute atomic E-state index is 13.8. The number of thiazole rings is 1. The van der Waals surface area contributed by atoms with E-state index in [-0.39, 0.29) is 12.4 Å². The first-order chi connectivity index (χ1) is 12.1. The lowest BCUT2D eigenvalue weighted by Gasteiger charge is -2.04. The van der Waals surface area contributed by atoms with Crippen LogP contribution in [-0.2, 0) is 6.54 Å². The molecule has 0 spiro atoms. The van der Waals surface area contributed by atoms with Crippen molar-refractivity contribution in [3.05, 3.63) is 76.4 Å². The molecule has 0 saturated carbocycles. The molecule has 4 N–H and O–H groups in total. The summed E-state index contributed by atoms with van der Waals surface area (Å²) in [5.74, 6) is 0.316. The maximum Gasteiger partial charge on any atom is 0.177 e. The zero-order chi connectivity index (χ0) is 17.6. The van der Waals surface area contributed by atoms with Gasteiger partial charge in [0.2, 0.25) is 0 Å². The van der Waals surface area contributed by atoms with Crippen molar-refractivity contribution < 1.29 is 4.39 Å². The first-order valence-corrected chi connectivity index (χ1v) is 8.25. The number of hydrogen-bond acceptors (Lipinski definition) is 7. The number of allylic oxidation sites excluding steroid dienone is 1. The molecule has 3 rings (SSSR count). The van der Waals surface area contributed by atoms with Crippen LogP contribution in [0.2, 0.25) is 0 Å². The molecule has 3 aromatic rings. The first-order valence-electron chi connectivity index (χ1n) is 7.37. The van der Waals surface area contributed by atoms with Crippen molar-refractivity contribution in [2.45, 2.75) is 6.54 Å². The summed E-state index contributed by atoms with van der Waals surface area (Å²) in [5.41, 5.74) is 13.0. The minimum Gasteiger partial charge on any atom is -0.396 e. The average molecular weight is 354 g/mol. The van der Waals surface area contributed by atoms with Crippen LogP contribution in [0, 0.1) is 5.82 Å². The number of rotatable bonds is 5. The van der Waals surface area contributed by atoms with E-state index in [0.29, 0.717) is 33.6 Å². The molecule has 0 aliphatic heterocycles. The van der Waals surface area contributed by atoms with Crippen LogP contribution in [0.5, 0.6) is 0 Å². The van der Waals surface area contributed by atoms with Crippen molar-refractivity contribution in [2.24, 2.45) is 10.7 Å². The molecular formula is C17H15FN6S. The van der Waals surface area contributed by atoms with E-state index in [1.54, 1.807) is 36.5 Å². The van der Waals surface area contributed by atoms with E-state index >= 15 is 0 Å². The molecular weight excluding hydrogens is 339 g/mol.